The summed E-state index contributed by atoms with van der Waals surface area (Å²) in [7, 11) is 0. The molecule has 25 heavy (non-hydrogen) atoms. The molecule has 0 saturated carbocycles. The van der Waals surface area contributed by atoms with Gasteiger partial charge in [0.2, 0.25) is 0 Å². The first kappa shape index (κ1) is 16.6. The zero-order valence-electron chi connectivity index (χ0n) is 15.1. The van der Waals surface area contributed by atoms with Crippen LogP contribution in [0, 0.1) is 5.92 Å². The molecule has 2 atom stereocenters. The average molecular weight is 339 g/mol. The SMILES string of the molecule is CC[C@@H](CNC[C@H]1CNc2ccnn2C1)N1CCc2ccccc2C1. The van der Waals surface area contributed by atoms with E-state index in [1.54, 1.807) is 0 Å². The van der Waals surface area contributed by atoms with Crippen molar-refractivity contribution in [2.75, 3.05) is 31.5 Å². The summed E-state index contributed by atoms with van der Waals surface area (Å²) in [6.45, 7) is 8.75. The number of nitrogens with zero attached hydrogens (tertiary/aromatic N) is 3. The molecule has 134 valence electrons. The van der Waals surface area contributed by atoms with E-state index in [1.807, 2.05) is 12.3 Å². The van der Waals surface area contributed by atoms with Gasteiger partial charge < -0.3 is 10.6 Å². The molecule has 0 radical (unpaired) electrons. The molecule has 0 amide bonds. The van der Waals surface area contributed by atoms with E-state index in [4.69, 9.17) is 0 Å². The zero-order chi connectivity index (χ0) is 17.1. The van der Waals surface area contributed by atoms with Crippen LogP contribution in [0.3, 0.4) is 0 Å². The Morgan fingerprint density at radius 2 is 2.16 bits per heavy atom. The Kier molecular flexibility index (Phi) is 5.04. The monoisotopic (exact) mass is 339 g/mol. The summed E-state index contributed by atoms with van der Waals surface area (Å²) >= 11 is 0. The van der Waals surface area contributed by atoms with Gasteiger partial charge in [0.05, 0.1) is 6.20 Å². The van der Waals surface area contributed by atoms with Crippen molar-refractivity contribution in [1.29, 1.82) is 0 Å². The van der Waals surface area contributed by atoms with Crippen molar-refractivity contribution in [3.8, 4) is 0 Å². The number of aromatic nitrogens is 2. The van der Waals surface area contributed by atoms with Gasteiger partial charge in [-0.3, -0.25) is 4.90 Å². The fourth-order valence-corrected chi connectivity index (χ4v) is 4.14. The molecule has 2 aromatic rings. The predicted octanol–water partition coefficient (Wildman–Crippen LogP) is 2.35. The average Bonchev–Trinajstić information content (AvgIpc) is 3.13. The second-order valence-electron chi connectivity index (χ2n) is 7.35. The van der Waals surface area contributed by atoms with Crippen LogP contribution in [0.25, 0.3) is 0 Å². The number of benzene rings is 1. The molecular formula is C20H29N5. The van der Waals surface area contributed by atoms with Crippen LogP contribution in [0.5, 0.6) is 0 Å². The molecule has 3 heterocycles. The van der Waals surface area contributed by atoms with E-state index in [0.717, 1.165) is 38.5 Å². The van der Waals surface area contributed by atoms with Crippen molar-refractivity contribution in [3.63, 3.8) is 0 Å². The van der Waals surface area contributed by atoms with Gasteiger partial charge in [-0.2, -0.15) is 5.10 Å². The second-order valence-corrected chi connectivity index (χ2v) is 7.35. The van der Waals surface area contributed by atoms with E-state index >= 15 is 0 Å². The summed E-state index contributed by atoms with van der Waals surface area (Å²) in [5.74, 6) is 1.75. The molecule has 0 saturated heterocycles. The first-order valence-corrected chi connectivity index (χ1v) is 9.60. The Labute approximate surface area is 150 Å². The molecule has 1 aromatic carbocycles. The van der Waals surface area contributed by atoms with Crippen LogP contribution in [-0.2, 0) is 19.5 Å². The number of hydrogen-bond donors (Lipinski definition) is 2. The van der Waals surface area contributed by atoms with Gasteiger partial charge in [-0.25, -0.2) is 4.68 Å². The maximum absolute atomic E-state index is 4.38. The van der Waals surface area contributed by atoms with E-state index in [9.17, 15) is 0 Å². The Balaban J connectivity index is 1.27. The molecule has 2 aliphatic heterocycles. The molecule has 0 spiro atoms. The van der Waals surface area contributed by atoms with E-state index in [2.05, 4.69) is 56.5 Å². The normalized spacial score (nSPS) is 21.2. The molecule has 4 rings (SSSR count). The summed E-state index contributed by atoms with van der Waals surface area (Å²) in [6.07, 6.45) is 4.25. The number of fused-ring (bicyclic) bond motifs is 2. The molecule has 5 heteroatoms. The lowest BCUT2D eigenvalue weighted by molar-refractivity contribution is 0.168. The molecule has 0 fully saturated rings. The quantitative estimate of drug-likeness (QED) is 0.848. The molecule has 0 bridgehead atoms. The third kappa shape index (κ3) is 3.72. The fraction of sp³-hybridized carbons (Fsp3) is 0.550. The summed E-state index contributed by atoms with van der Waals surface area (Å²) in [6, 6.07) is 11.6. The maximum atomic E-state index is 4.38. The summed E-state index contributed by atoms with van der Waals surface area (Å²) in [5, 5.41) is 11.6. The van der Waals surface area contributed by atoms with Gasteiger partial charge in [-0.15, -0.1) is 0 Å². The summed E-state index contributed by atoms with van der Waals surface area (Å²) < 4.78 is 2.08. The Morgan fingerprint density at radius 3 is 3.04 bits per heavy atom. The highest BCUT2D eigenvalue weighted by molar-refractivity contribution is 5.35. The number of hydrogen-bond acceptors (Lipinski definition) is 4. The van der Waals surface area contributed by atoms with Crippen molar-refractivity contribution in [2.24, 2.45) is 5.92 Å². The van der Waals surface area contributed by atoms with E-state index in [1.165, 1.54) is 30.5 Å². The van der Waals surface area contributed by atoms with Gasteiger partial charge in [0.15, 0.2) is 0 Å². The number of anilines is 1. The molecule has 5 nitrogen and oxygen atoms in total. The first-order valence-electron chi connectivity index (χ1n) is 9.60. The van der Waals surface area contributed by atoms with Crippen LogP contribution in [0.15, 0.2) is 36.5 Å². The van der Waals surface area contributed by atoms with Gasteiger partial charge in [0, 0.05) is 57.3 Å². The molecule has 0 unspecified atom stereocenters. The lowest BCUT2D eigenvalue weighted by Crippen LogP contribution is -2.46. The van der Waals surface area contributed by atoms with Crippen LogP contribution in [0.2, 0.25) is 0 Å². The highest BCUT2D eigenvalue weighted by Gasteiger charge is 2.23. The lowest BCUT2D eigenvalue weighted by Gasteiger charge is -2.36. The van der Waals surface area contributed by atoms with E-state index < -0.39 is 0 Å². The van der Waals surface area contributed by atoms with Crippen LogP contribution in [0.4, 0.5) is 5.82 Å². The van der Waals surface area contributed by atoms with Crippen molar-refractivity contribution in [2.45, 2.75) is 38.9 Å². The van der Waals surface area contributed by atoms with Gasteiger partial charge in [0.1, 0.15) is 5.82 Å². The van der Waals surface area contributed by atoms with Crippen LogP contribution >= 0.6 is 0 Å². The standard InChI is InChI=1S/C20H29N5/c1-2-19(24-10-8-17-5-3-4-6-18(17)15-24)13-21-11-16-12-22-20-7-9-23-25(20)14-16/h3-7,9,16,19,21-22H,2,8,10-15H2,1H3/t16-,19-/m0/s1. The van der Waals surface area contributed by atoms with Gasteiger partial charge in [-0.05, 0) is 24.0 Å². The largest absolute Gasteiger partial charge is 0.370 e. The topological polar surface area (TPSA) is 45.1 Å². The summed E-state index contributed by atoms with van der Waals surface area (Å²) in [5.41, 5.74) is 3.04. The number of rotatable bonds is 6. The molecule has 2 N–H and O–H groups in total. The van der Waals surface area contributed by atoms with Crippen molar-refractivity contribution in [3.05, 3.63) is 47.7 Å². The van der Waals surface area contributed by atoms with Crippen molar-refractivity contribution >= 4 is 5.82 Å². The molecule has 0 aliphatic carbocycles. The third-order valence-corrected chi connectivity index (χ3v) is 5.68. The smallest absolute Gasteiger partial charge is 0.124 e. The second kappa shape index (κ2) is 7.58. The Bertz CT molecular complexity index is 695. The van der Waals surface area contributed by atoms with Gasteiger partial charge >= 0.3 is 0 Å². The van der Waals surface area contributed by atoms with Crippen molar-refractivity contribution < 1.29 is 0 Å². The van der Waals surface area contributed by atoms with Gasteiger partial charge in [0.25, 0.3) is 0 Å². The highest BCUT2D eigenvalue weighted by Crippen LogP contribution is 2.21. The van der Waals surface area contributed by atoms with Crippen LogP contribution in [0.1, 0.15) is 24.5 Å². The molecule has 1 aromatic heterocycles. The summed E-state index contributed by atoms with van der Waals surface area (Å²) in [4.78, 5) is 2.65. The van der Waals surface area contributed by atoms with E-state index in [-0.39, 0.29) is 0 Å². The van der Waals surface area contributed by atoms with Crippen LogP contribution in [-0.4, -0.2) is 46.9 Å². The molecular weight excluding hydrogens is 310 g/mol. The maximum Gasteiger partial charge on any atom is 0.124 e. The minimum Gasteiger partial charge on any atom is -0.370 e. The predicted molar refractivity (Wildman–Crippen MR) is 102 cm³/mol. The van der Waals surface area contributed by atoms with Crippen molar-refractivity contribution in [1.82, 2.24) is 20.0 Å². The minimum atomic E-state index is 0.604. The third-order valence-electron chi connectivity index (χ3n) is 5.68. The minimum absolute atomic E-state index is 0.604. The zero-order valence-corrected chi connectivity index (χ0v) is 15.1. The van der Waals surface area contributed by atoms with E-state index in [0.29, 0.717) is 12.0 Å². The molecule has 2 aliphatic rings. The Hall–Kier alpha value is -1.85. The highest BCUT2D eigenvalue weighted by atomic mass is 15.3. The van der Waals surface area contributed by atoms with Crippen LogP contribution < -0.4 is 10.6 Å². The Morgan fingerprint density at radius 1 is 1.28 bits per heavy atom. The lowest BCUT2D eigenvalue weighted by atomic mass is 9.98. The first-order chi connectivity index (χ1) is 12.3. The number of nitrogens with one attached hydrogen (secondary N) is 2. The fourth-order valence-electron chi connectivity index (χ4n) is 4.14. The van der Waals surface area contributed by atoms with Gasteiger partial charge in [-0.1, -0.05) is 31.2 Å².